The van der Waals surface area contributed by atoms with E-state index in [0.717, 1.165) is 54.9 Å². The van der Waals surface area contributed by atoms with E-state index in [0.29, 0.717) is 5.02 Å². The van der Waals surface area contributed by atoms with Gasteiger partial charge in [0.15, 0.2) is 5.78 Å². The number of aryl methyl sites for hydroxylation is 1. The minimum Gasteiger partial charge on any atom is -0.330 e. The molecule has 4 rings (SSSR count). The molecule has 0 radical (unpaired) electrons. The number of Topliss-reactive ketones (excluding diaryl/α,β-unsaturated/α-hetero) is 1. The number of nitrogens with zero attached hydrogens (tertiary/aromatic N) is 3. The normalized spacial score (nSPS) is 18.3. The molecule has 134 valence electrons. The Morgan fingerprint density at radius 2 is 1.96 bits per heavy atom. The van der Waals surface area contributed by atoms with E-state index in [2.05, 4.69) is 22.6 Å². The third-order valence-corrected chi connectivity index (χ3v) is 5.50. The average molecular weight is 368 g/mol. The number of likely N-dealkylation sites (tertiary alicyclic amines) is 1. The fourth-order valence-electron chi connectivity index (χ4n) is 3.80. The maximum atomic E-state index is 12.8. The summed E-state index contributed by atoms with van der Waals surface area (Å²) in [5, 5.41) is 0.661. The molecule has 0 spiro atoms. The van der Waals surface area contributed by atoms with Crippen molar-refractivity contribution < 1.29 is 4.79 Å². The highest BCUT2D eigenvalue weighted by molar-refractivity contribution is 6.30. The van der Waals surface area contributed by atoms with E-state index in [1.807, 2.05) is 30.3 Å². The van der Waals surface area contributed by atoms with Gasteiger partial charge in [0.2, 0.25) is 0 Å². The summed E-state index contributed by atoms with van der Waals surface area (Å²) in [6, 6.07) is 15.4. The smallest absolute Gasteiger partial charge is 0.167 e. The summed E-state index contributed by atoms with van der Waals surface area (Å²) in [6.07, 6.45) is 1.98. The van der Waals surface area contributed by atoms with Crippen molar-refractivity contribution in [3.8, 4) is 0 Å². The van der Waals surface area contributed by atoms with Gasteiger partial charge in [0.1, 0.15) is 5.82 Å². The van der Waals surface area contributed by atoms with Gasteiger partial charge in [0, 0.05) is 30.1 Å². The lowest BCUT2D eigenvalue weighted by Crippen LogP contribution is -2.38. The van der Waals surface area contributed by atoms with Crippen molar-refractivity contribution in [2.24, 2.45) is 13.0 Å². The summed E-state index contributed by atoms with van der Waals surface area (Å²) >= 11 is 5.94. The van der Waals surface area contributed by atoms with Crippen LogP contribution in [0.25, 0.3) is 11.0 Å². The molecule has 0 saturated carbocycles. The van der Waals surface area contributed by atoms with Crippen molar-refractivity contribution in [3.63, 3.8) is 0 Å². The maximum absolute atomic E-state index is 12.8. The molecule has 0 unspecified atom stereocenters. The number of halogens is 1. The van der Waals surface area contributed by atoms with E-state index in [4.69, 9.17) is 16.6 Å². The Morgan fingerprint density at radius 3 is 2.73 bits per heavy atom. The molecule has 0 amide bonds. The van der Waals surface area contributed by atoms with E-state index in [9.17, 15) is 4.79 Å². The lowest BCUT2D eigenvalue weighted by atomic mass is 9.90. The minimum absolute atomic E-state index is 0.0413. The molecule has 1 aromatic heterocycles. The van der Waals surface area contributed by atoms with E-state index in [1.54, 1.807) is 12.1 Å². The highest BCUT2D eigenvalue weighted by atomic mass is 35.5. The first kappa shape index (κ1) is 17.3. The van der Waals surface area contributed by atoms with Crippen molar-refractivity contribution in [2.75, 3.05) is 13.1 Å². The molecule has 0 N–H and O–H groups in total. The van der Waals surface area contributed by atoms with Gasteiger partial charge in [-0.3, -0.25) is 9.69 Å². The molecule has 0 bridgehead atoms. The van der Waals surface area contributed by atoms with Gasteiger partial charge >= 0.3 is 0 Å². The van der Waals surface area contributed by atoms with Crippen LogP contribution in [-0.2, 0) is 13.6 Å². The summed E-state index contributed by atoms with van der Waals surface area (Å²) in [7, 11) is 2.06. The zero-order chi connectivity index (χ0) is 18.1. The van der Waals surface area contributed by atoms with Crippen molar-refractivity contribution in [3.05, 3.63) is 64.9 Å². The molecule has 1 aliphatic heterocycles. The Hall–Kier alpha value is -2.17. The Bertz CT molecular complexity index is 932. The second kappa shape index (κ2) is 7.22. The molecular formula is C21H22ClN3O. The predicted molar refractivity (Wildman–Crippen MR) is 104 cm³/mol. The molecule has 26 heavy (non-hydrogen) atoms. The van der Waals surface area contributed by atoms with Crippen LogP contribution in [0.4, 0.5) is 0 Å². The van der Waals surface area contributed by atoms with Gasteiger partial charge in [-0.05, 0) is 55.8 Å². The Labute approximate surface area is 158 Å². The van der Waals surface area contributed by atoms with Crippen LogP contribution in [0.2, 0.25) is 5.02 Å². The molecule has 1 saturated heterocycles. The van der Waals surface area contributed by atoms with Crippen LogP contribution in [-0.4, -0.2) is 33.3 Å². The van der Waals surface area contributed by atoms with Gasteiger partial charge in [0.05, 0.1) is 17.6 Å². The maximum Gasteiger partial charge on any atom is 0.167 e. The monoisotopic (exact) mass is 367 g/mol. The Kier molecular flexibility index (Phi) is 4.79. The van der Waals surface area contributed by atoms with Gasteiger partial charge in [-0.25, -0.2) is 4.98 Å². The Balaban J connectivity index is 1.48. The number of rotatable bonds is 4. The molecule has 2 heterocycles. The summed E-state index contributed by atoms with van der Waals surface area (Å²) in [6.45, 7) is 2.56. The number of benzene rings is 2. The highest BCUT2D eigenvalue weighted by Gasteiger charge is 2.27. The molecular weight excluding hydrogens is 346 g/mol. The second-order valence-electron chi connectivity index (χ2n) is 7.02. The Morgan fingerprint density at radius 1 is 1.19 bits per heavy atom. The van der Waals surface area contributed by atoms with Crippen LogP contribution < -0.4 is 0 Å². The van der Waals surface area contributed by atoms with Gasteiger partial charge < -0.3 is 4.57 Å². The number of hydrogen-bond donors (Lipinski definition) is 0. The van der Waals surface area contributed by atoms with Crippen LogP contribution >= 0.6 is 11.6 Å². The van der Waals surface area contributed by atoms with E-state index in [1.165, 1.54) is 0 Å². The lowest BCUT2D eigenvalue weighted by Gasteiger charge is -2.31. The van der Waals surface area contributed by atoms with Gasteiger partial charge in [-0.2, -0.15) is 0 Å². The van der Waals surface area contributed by atoms with E-state index < -0.39 is 0 Å². The molecule has 4 nitrogen and oxygen atoms in total. The van der Waals surface area contributed by atoms with Crippen LogP contribution in [0.3, 0.4) is 0 Å². The van der Waals surface area contributed by atoms with Crippen molar-refractivity contribution in [1.29, 1.82) is 0 Å². The number of fused-ring (bicyclic) bond motifs is 1. The SMILES string of the molecule is Cn1c(CN2CCC[C@H](C(=O)c3ccc(Cl)cc3)C2)nc2ccccc21. The predicted octanol–water partition coefficient (Wildman–Crippen LogP) is 4.32. The number of ketones is 1. The highest BCUT2D eigenvalue weighted by Crippen LogP contribution is 2.24. The summed E-state index contributed by atoms with van der Waals surface area (Å²) in [5.74, 6) is 1.31. The van der Waals surface area contributed by atoms with Crippen LogP contribution in [0.15, 0.2) is 48.5 Å². The lowest BCUT2D eigenvalue weighted by molar-refractivity contribution is 0.0807. The third-order valence-electron chi connectivity index (χ3n) is 5.25. The third kappa shape index (κ3) is 3.39. The minimum atomic E-state index is 0.0413. The number of aromatic nitrogens is 2. The number of hydrogen-bond acceptors (Lipinski definition) is 3. The van der Waals surface area contributed by atoms with Crippen LogP contribution in [0.5, 0.6) is 0 Å². The fraction of sp³-hybridized carbons (Fsp3) is 0.333. The molecule has 5 heteroatoms. The summed E-state index contributed by atoms with van der Waals surface area (Å²) < 4.78 is 2.15. The molecule has 1 fully saturated rings. The molecule has 3 aromatic rings. The van der Waals surface area contributed by atoms with E-state index >= 15 is 0 Å². The first-order valence-electron chi connectivity index (χ1n) is 9.04. The van der Waals surface area contributed by atoms with Crippen molar-refractivity contribution >= 4 is 28.4 Å². The molecule has 1 aliphatic rings. The number of para-hydroxylation sites is 2. The fourth-order valence-corrected chi connectivity index (χ4v) is 3.93. The number of carbonyl (C=O) groups is 1. The first-order valence-corrected chi connectivity index (χ1v) is 9.42. The van der Waals surface area contributed by atoms with Crippen molar-refractivity contribution in [1.82, 2.24) is 14.5 Å². The standard InChI is InChI=1S/C21H22ClN3O/c1-24-19-7-3-2-6-18(19)23-20(24)14-25-12-4-5-16(13-25)21(26)15-8-10-17(22)11-9-15/h2-3,6-11,16H,4-5,12-14H2,1H3/t16-/m0/s1. The molecule has 0 aliphatic carbocycles. The summed E-state index contributed by atoms with van der Waals surface area (Å²) in [5.41, 5.74) is 2.92. The van der Waals surface area contributed by atoms with Gasteiger partial charge in [0.25, 0.3) is 0 Å². The number of piperidine rings is 1. The van der Waals surface area contributed by atoms with Gasteiger partial charge in [-0.15, -0.1) is 0 Å². The quantitative estimate of drug-likeness (QED) is 0.644. The second-order valence-corrected chi connectivity index (χ2v) is 7.46. The number of imidazole rings is 1. The zero-order valence-electron chi connectivity index (χ0n) is 14.9. The number of carbonyl (C=O) groups excluding carboxylic acids is 1. The topological polar surface area (TPSA) is 38.1 Å². The summed E-state index contributed by atoms with van der Waals surface area (Å²) in [4.78, 5) is 19.9. The van der Waals surface area contributed by atoms with Gasteiger partial charge in [-0.1, -0.05) is 23.7 Å². The first-order chi connectivity index (χ1) is 12.6. The van der Waals surface area contributed by atoms with E-state index in [-0.39, 0.29) is 11.7 Å². The van der Waals surface area contributed by atoms with Crippen molar-refractivity contribution in [2.45, 2.75) is 19.4 Å². The molecule has 2 aromatic carbocycles. The zero-order valence-corrected chi connectivity index (χ0v) is 15.6. The largest absolute Gasteiger partial charge is 0.330 e. The van der Waals surface area contributed by atoms with Crippen LogP contribution in [0, 0.1) is 5.92 Å². The molecule has 1 atom stereocenters. The average Bonchev–Trinajstić information content (AvgIpc) is 2.98. The van der Waals surface area contributed by atoms with Crippen LogP contribution in [0.1, 0.15) is 29.0 Å².